The molecule has 0 amide bonds. The van der Waals surface area contributed by atoms with Crippen LogP contribution in [0.2, 0.25) is 0 Å². The highest BCUT2D eigenvalue weighted by molar-refractivity contribution is 5.92. The number of aliphatic imine (C=N–C) groups is 1. The van der Waals surface area contributed by atoms with E-state index in [1.54, 1.807) is 0 Å². The molecule has 3 rings (SSSR count). The highest BCUT2D eigenvalue weighted by Gasteiger charge is 2.02. The van der Waals surface area contributed by atoms with Crippen LogP contribution in [0, 0.1) is 0 Å². The van der Waals surface area contributed by atoms with E-state index in [2.05, 4.69) is 27.4 Å². The number of hydrogen-bond acceptors (Lipinski definition) is 1. The maximum atomic E-state index is 5.89. The normalized spacial score (nSPS) is 11.7. The van der Waals surface area contributed by atoms with Gasteiger partial charge in [0.25, 0.3) is 0 Å². The molecule has 0 saturated heterocycles. The molecule has 106 valence electrons. The molecule has 2 aromatic carbocycles. The lowest BCUT2D eigenvalue weighted by Crippen LogP contribution is -2.22. The second kappa shape index (κ2) is 6.13. The highest BCUT2D eigenvalue weighted by atomic mass is 15.1. The molecule has 0 unspecified atom stereocenters. The van der Waals surface area contributed by atoms with Gasteiger partial charge in [-0.2, -0.15) is 0 Å². The third-order valence-corrected chi connectivity index (χ3v) is 3.38. The Hall–Kier alpha value is -2.75. The fraction of sp³-hybridized carbons (Fsp3) is 0.118. The van der Waals surface area contributed by atoms with Crippen molar-refractivity contribution >= 4 is 22.5 Å². The molecule has 0 aliphatic carbocycles. The van der Waals surface area contributed by atoms with Crippen molar-refractivity contribution in [2.45, 2.75) is 6.42 Å². The molecule has 1 heterocycles. The molecule has 0 saturated carbocycles. The van der Waals surface area contributed by atoms with Crippen molar-refractivity contribution in [3.8, 4) is 0 Å². The number of anilines is 1. The summed E-state index contributed by atoms with van der Waals surface area (Å²) < 4.78 is 0. The Bertz CT molecular complexity index is 744. The fourth-order valence-electron chi connectivity index (χ4n) is 2.34. The number of hydrogen-bond donors (Lipinski definition) is 3. The smallest absolute Gasteiger partial charge is 0.193 e. The molecule has 0 radical (unpaired) electrons. The highest BCUT2D eigenvalue weighted by Crippen LogP contribution is 2.17. The molecule has 1 aromatic heterocycles. The van der Waals surface area contributed by atoms with Crippen molar-refractivity contribution in [1.29, 1.82) is 0 Å². The summed E-state index contributed by atoms with van der Waals surface area (Å²) in [6.07, 6.45) is 2.90. The zero-order valence-corrected chi connectivity index (χ0v) is 11.7. The minimum Gasteiger partial charge on any atom is -0.370 e. The van der Waals surface area contributed by atoms with E-state index >= 15 is 0 Å². The Kier molecular flexibility index (Phi) is 3.87. The van der Waals surface area contributed by atoms with Gasteiger partial charge in [0.2, 0.25) is 0 Å². The van der Waals surface area contributed by atoms with Crippen LogP contribution in [0.3, 0.4) is 0 Å². The largest absolute Gasteiger partial charge is 0.370 e. The Morgan fingerprint density at radius 2 is 1.81 bits per heavy atom. The second-order valence-corrected chi connectivity index (χ2v) is 4.87. The van der Waals surface area contributed by atoms with E-state index in [1.165, 1.54) is 10.9 Å². The first kappa shape index (κ1) is 13.2. The number of para-hydroxylation sites is 2. The molecule has 4 N–H and O–H groups in total. The summed E-state index contributed by atoms with van der Waals surface area (Å²) in [5.74, 6) is 0.445. The first-order valence-corrected chi connectivity index (χ1v) is 7.00. The first-order chi connectivity index (χ1) is 10.3. The Balaban J connectivity index is 1.61. The van der Waals surface area contributed by atoms with Crippen LogP contribution in [0.4, 0.5) is 5.69 Å². The van der Waals surface area contributed by atoms with Gasteiger partial charge < -0.3 is 16.0 Å². The number of aromatic amines is 1. The van der Waals surface area contributed by atoms with Gasteiger partial charge in [-0.05, 0) is 30.2 Å². The summed E-state index contributed by atoms with van der Waals surface area (Å²) in [6.45, 7) is 0.660. The lowest BCUT2D eigenvalue weighted by Gasteiger charge is -2.04. The minimum absolute atomic E-state index is 0.445. The van der Waals surface area contributed by atoms with Crippen molar-refractivity contribution in [3.63, 3.8) is 0 Å². The van der Waals surface area contributed by atoms with Crippen LogP contribution in [0.15, 0.2) is 65.8 Å². The Morgan fingerprint density at radius 1 is 1.05 bits per heavy atom. The van der Waals surface area contributed by atoms with Crippen LogP contribution in [0.5, 0.6) is 0 Å². The van der Waals surface area contributed by atoms with E-state index in [9.17, 15) is 0 Å². The number of fused-ring (bicyclic) bond motifs is 1. The topological polar surface area (TPSA) is 66.2 Å². The standard InChI is InChI=1S/C17H18N4/c18-17(21-14-6-2-1-3-7-14)19-11-10-13-12-20-16-9-5-4-8-15(13)16/h1-9,12,20H,10-11H2,(H3,18,19,21). The number of aromatic nitrogens is 1. The SMILES string of the molecule is NC(=NCCc1c[nH]c2ccccc12)Nc1ccccc1. The summed E-state index contributed by atoms with van der Waals surface area (Å²) in [5.41, 5.74) is 9.26. The molecule has 21 heavy (non-hydrogen) atoms. The van der Waals surface area contributed by atoms with Gasteiger partial charge in [0.05, 0.1) is 0 Å². The number of nitrogens with one attached hydrogen (secondary N) is 2. The summed E-state index contributed by atoms with van der Waals surface area (Å²) in [7, 11) is 0. The molecule has 0 bridgehead atoms. The molecule has 0 spiro atoms. The van der Waals surface area contributed by atoms with Crippen molar-refractivity contribution < 1.29 is 0 Å². The number of nitrogens with zero attached hydrogens (tertiary/aromatic N) is 1. The molecular formula is C17H18N4. The predicted octanol–water partition coefficient (Wildman–Crippen LogP) is 3.14. The van der Waals surface area contributed by atoms with Gasteiger partial charge in [0.15, 0.2) is 5.96 Å². The molecule has 0 aliphatic heterocycles. The summed E-state index contributed by atoms with van der Waals surface area (Å²) >= 11 is 0. The number of H-pyrrole nitrogens is 1. The summed E-state index contributed by atoms with van der Waals surface area (Å²) in [6, 6.07) is 18.1. The maximum Gasteiger partial charge on any atom is 0.193 e. The van der Waals surface area contributed by atoms with Crippen LogP contribution in [0.25, 0.3) is 10.9 Å². The van der Waals surface area contributed by atoms with E-state index in [4.69, 9.17) is 5.73 Å². The molecular weight excluding hydrogens is 260 g/mol. The molecule has 0 aliphatic rings. The predicted molar refractivity (Wildman–Crippen MR) is 88.6 cm³/mol. The lowest BCUT2D eigenvalue weighted by molar-refractivity contribution is 0.972. The van der Waals surface area contributed by atoms with E-state index in [0.717, 1.165) is 17.6 Å². The number of nitrogens with two attached hydrogens (primary N) is 1. The van der Waals surface area contributed by atoms with E-state index in [0.29, 0.717) is 12.5 Å². The van der Waals surface area contributed by atoms with Crippen LogP contribution >= 0.6 is 0 Å². The van der Waals surface area contributed by atoms with Crippen molar-refractivity contribution in [2.24, 2.45) is 10.7 Å². The van der Waals surface area contributed by atoms with Gasteiger partial charge in [-0.25, -0.2) is 0 Å². The van der Waals surface area contributed by atoms with Crippen LogP contribution in [-0.4, -0.2) is 17.5 Å². The molecule has 0 atom stereocenters. The van der Waals surface area contributed by atoms with Gasteiger partial charge in [-0.1, -0.05) is 36.4 Å². The molecule has 4 nitrogen and oxygen atoms in total. The number of benzene rings is 2. The quantitative estimate of drug-likeness (QED) is 0.507. The fourth-order valence-corrected chi connectivity index (χ4v) is 2.34. The van der Waals surface area contributed by atoms with Crippen LogP contribution < -0.4 is 11.1 Å². The van der Waals surface area contributed by atoms with Gasteiger partial charge in [0.1, 0.15) is 0 Å². The van der Waals surface area contributed by atoms with Gasteiger partial charge in [-0.3, -0.25) is 4.99 Å². The van der Waals surface area contributed by atoms with E-state index in [1.807, 2.05) is 48.7 Å². The zero-order chi connectivity index (χ0) is 14.5. The zero-order valence-electron chi connectivity index (χ0n) is 11.7. The average molecular weight is 278 g/mol. The number of guanidine groups is 1. The monoisotopic (exact) mass is 278 g/mol. The minimum atomic E-state index is 0.445. The maximum absolute atomic E-state index is 5.89. The third-order valence-electron chi connectivity index (χ3n) is 3.38. The van der Waals surface area contributed by atoms with Crippen LogP contribution in [0.1, 0.15) is 5.56 Å². The summed E-state index contributed by atoms with van der Waals surface area (Å²) in [4.78, 5) is 7.64. The van der Waals surface area contributed by atoms with Crippen molar-refractivity contribution in [3.05, 3.63) is 66.4 Å². The number of rotatable bonds is 4. The second-order valence-electron chi connectivity index (χ2n) is 4.87. The average Bonchev–Trinajstić information content (AvgIpc) is 2.92. The Labute approximate surface area is 123 Å². The van der Waals surface area contributed by atoms with Gasteiger partial charge >= 0.3 is 0 Å². The van der Waals surface area contributed by atoms with Gasteiger partial charge in [0, 0.05) is 29.3 Å². The lowest BCUT2D eigenvalue weighted by atomic mass is 10.1. The molecule has 0 fully saturated rings. The van der Waals surface area contributed by atoms with E-state index in [-0.39, 0.29) is 0 Å². The van der Waals surface area contributed by atoms with E-state index < -0.39 is 0 Å². The Morgan fingerprint density at radius 3 is 2.67 bits per heavy atom. The van der Waals surface area contributed by atoms with Crippen LogP contribution in [-0.2, 0) is 6.42 Å². The first-order valence-electron chi connectivity index (χ1n) is 7.00. The third kappa shape index (κ3) is 3.23. The molecule has 3 aromatic rings. The van der Waals surface area contributed by atoms with Crippen molar-refractivity contribution in [2.75, 3.05) is 11.9 Å². The summed E-state index contributed by atoms with van der Waals surface area (Å²) in [5, 5.41) is 4.33. The van der Waals surface area contributed by atoms with Gasteiger partial charge in [-0.15, -0.1) is 0 Å². The molecule has 4 heteroatoms. The van der Waals surface area contributed by atoms with Crippen molar-refractivity contribution in [1.82, 2.24) is 4.98 Å².